The molecule has 0 aromatic rings. The first-order chi connectivity index (χ1) is 11.0. The first-order valence-corrected chi connectivity index (χ1v) is 9.16. The number of allylic oxidation sites excluding steroid dienone is 1. The third kappa shape index (κ3) is 3.57. The van der Waals surface area contributed by atoms with Crippen LogP contribution in [-0.2, 0) is 9.47 Å². The van der Waals surface area contributed by atoms with Gasteiger partial charge in [-0.2, -0.15) is 0 Å². The van der Waals surface area contributed by atoms with Crippen LogP contribution in [0.15, 0.2) is 11.6 Å². The minimum atomic E-state index is -0.306. The van der Waals surface area contributed by atoms with Crippen molar-refractivity contribution in [3.8, 4) is 0 Å². The Balaban J connectivity index is 2.12. The van der Waals surface area contributed by atoms with Crippen LogP contribution in [0.4, 0.5) is 4.79 Å². The number of fused-ring (bicyclic) bond motifs is 2. The Hall–Kier alpha value is -1.03. The molecule has 2 aliphatic rings. The van der Waals surface area contributed by atoms with Gasteiger partial charge in [0.15, 0.2) is 0 Å². The van der Waals surface area contributed by atoms with Gasteiger partial charge in [-0.25, -0.2) is 4.79 Å². The van der Waals surface area contributed by atoms with Crippen molar-refractivity contribution in [3.05, 3.63) is 11.6 Å². The average Bonchev–Trinajstić information content (AvgIpc) is 2.51. The highest BCUT2D eigenvalue weighted by Crippen LogP contribution is 2.53. The summed E-state index contributed by atoms with van der Waals surface area (Å²) in [5.74, 6) is 1.27. The predicted molar refractivity (Wildman–Crippen MR) is 92.3 cm³/mol. The second-order valence-electron chi connectivity index (χ2n) is 7.39. The highest BCUT2D eigenvalue weighted by molar-refractivity contribution is 5.67. The van der Waals surface area contributed by atoms with Crippen LogP contribution in [0.5, 0.6) is 0 Å². The van der Waals surface area contributed by atoms with Gasteiger partial charge in [0, 0.05) is 17.9 Å². The van der Waals surface area contributed by atoms with Gasteiger partial charge in [-0.05, 0) is 31.6 Å². The van der Waals surface area contributed by atoms with Crippen LogP contribution < -0.4 is 5.32 Å². The molecule has 1 saturated heterocycles. The quantitative estimate of drug-likeness (QED) is 0.747. The molecule has 4 heteroatoms. The van der Waals surface area contributed by atoms with Gasteiger partial charge in [-0.3, -0.25) is 0 Å². The smallest absolute Gasteiger partial charge is 0.407 e. The number of carbonyl (C=O) groups excluding carboxylic acids is 1. The third-order valence-corrected chi connectivity index (χ3v) is 5.92. The van der Waals surface area contributed by atoms with Gasteiger partial charge >= 0.3 is 6.09 Å². The molecule has 2 bridgehead atoms. The highest BCUT2D eigenvalue weighted by atomic mass is 16.6. The number of alkyl carbamates (subject to hydrolysis) is 1. The molecule has 1 N–H and O–H groups in total. The lowest BCUT2D eigenvalue weighted by Gasteiger charge is -2.55. The lowest BCUT2D eigenvalue weighted by Crippen LogP contribution is -2.57. The van der Waals surface area contributed by atoms with Crippen LogP contribution in [0.25, 0.3) is 0 Å². The largest absolute Gasteiger partial charge is 0.449 e. The summed E-state index contributed by atoms with van der Waals surface area (Å²) in [7, 11) is 0. The summed E-state index contributed by atoms with van der Waals surface area (Å²) >= 11 is 0. The molecule has 3 unspecified atom stereocenters. The molecule has 4 nitrogen and oxygen atoms in total. The minimum Gasteiger partial charge on any atom is -0.449 e. The Labute approximate surface area is 141 Å². The first kappa shape index (κ1) is 18.3. The predicted octanol–water partition coefficient (Wildman–Crippen LogP) is 4.16. The Morgan fingerprint density at radius 1 is 1.39 bits per heavy atom. The molecule has 23 heavy (non-hydrogen) atoms. The summed E-state index contributed by atoms with van der Waals surface area (Å²) in [6, 6.07) is 0. The van der Waals surface area contributed by atoms with Crippen LogP contribution in [0.3, 0.4) is 0 Å². The van der Waals surface area contributed by atoms with Crippen LogP contribution >= 0.6 is 0 Å². The van der Waals surface area contributed by atoms with E-state index in [0.717, 1.165) is 19.3 Å². The molecule has 0 aromatic carbocycles. The van der Waals surface area contributed by atoms with Gasteiger partial charge in [0.1, 0.15) is 6.61 Å². The van der Waals surface area contributed by atoms with Crippen molar-refractivity contribution in [2.24, 2.45) is 23.2 Å². The maximum atomic E-state index is 11.9. The van der Waals surface area contributed by atoms with E-state index < -0.39 is 0 Å². The molecule has 0 saturated carbocycles. The fourth-order valence-electron chi connectivity index (χ4n) is 4.41. The first-order valence-electron chi connectivity index (χ1n) is 9.16. The molecule has 1 amide bonds. The van der Waals surface area contributed by atoms with Crippen molar-refractivity contribution in [1.82, 2.24) is 5.32 Å². The van der Waals surface area contributed by atoms with Gasteiger partial charge in [-0.1, -0.05) is 45.8 Å². The molecule has 1 aliphatic heterocycles. The van der Waals surface area contributed by atoms with Crippen molar-refractivity contribution in [3.63, 3.8) is 0 Å². The van der Waals surface area contributed by atoms with E-state index in [0.29, 0.717) is 43.6 Å². The number of rotatable bonds is 6. The lowest BCUT2D eigenvalue weighted by atomic mass is 9.56. The normalized spacial score (nSPS) is 36.3. The summed E-state index contributed by atoms with van der Waals surface area (Å²) in [6.07, 6.45) is 5.53. The second-order valence-corrected chi connectivity index (χ2v) is 7.39. The van der Waals surface area contributed by atoms with Gasteiger partial charge in [0.05, 0.1) is 12.7 Å². The van der Waals surface area contributed by atoms with E-state index in [-0.39, 0.29) is 11.5 Å². The minimum absolute atomic E-state index is 0.0992. The zero-order valence-corrected chi connectivity index (χ0v) is 15.4. The summed E-state index contributed by atoms with van der Waals surface area (Å²) in [5, 5.41) is 2.79. The summed E-state index contributed by atoms with van der Waals surface area (Å²) in [6.45, 7) is 12.8. The van der Waals surface area contributed by atoms with E-state index >= 15 is 0 Å². The molecule has 1 heterocycles. The Bertz CT molecular complexity index is 448. The van der Waals surface area contributed by atoms with E-state index in [1.165, 1.54) is 5.57 Å². The van der Waals surface area contributed by atoms with Gasteiger partial charge in [0.25, 0.3) is 0 Å². The number of hydrogen-bond acceptors (Lipinski definition) is 3. The van der Waals surface area contributed by atoms with Crippen LogP contribution in [0.1, 0.15) is 53.9 Å². The number of carbonyl (C=O) groups is 1. The molecule has 132 valence electrons. The van der Waals surface area contributed by atoms with Gasteiger partial charge < -0.3 is 14.8 Å². The Morgan fingerprint density at radius 3 is 2.78 bits per heavy atom. The monoisotopic (exact) mass is 323 g/mol. The van der Waals surface area contributed by atoms with Crippen molar-refractivity contribution in [1.29, 1.82) is 0 Å². The number of nitrogens with one attached hydrogen (secondary N) is 1. The summed E-state index contributed by atoms with van der Waals surface area (Å²) in [4.78, 5) is 11.9. The number of hydrogen-bond donors (Lipinski definition) is 1. The van der Waals surface area contributed by atoms with Crippen molar-refractivity contribution >= 4 is 6.09 Å². The van der Waals surface area contributed by atoms with Gasteiger partial charge in [0.2, 0.25) is 0 Å². The van der Waals surface area contributed by atoms with Crippen molar-refractivity contribution < 1.29 is 14.3 Å². The lowest BCUT2D eigenvalue weighted by molar-refractivity contribution is -0.164. The van der Waals surface area contributed by atoms with E-state index in [4.69, 9.17) is 9.47 Å². The van der Waals surface area contributed by atoms with Gasteiger partial charge in [-0.15, -0.1) is 0 Å². The van der Waals surface area contributed by atoms with E-state index in [1.807, 2.05) is 6.92 Å². The number of amides is 1. The molecule has 5 atom stereocenters. The molecule has 0 radical (unpaired) electrons. The third-order valence-electron chi connectivity index (χ3n) is 5.92. The average molecular weight is 323 g/mol. The van der Waals surface area contributed by atoms with Crippen LogP contribution in [-0.4, -0.2) is 32.0 Å². The fraction of sp³-hybridized carbons (Fsp3) is 0.842. The van der Waals surface area contributed by atoms with E-state index in [1.54, 1.807) is 0 Å². The zero-order valence-electron chi connectivity index (χ0n) is 15.4. The summed E-state index contributed by atoms with van der Waals surface area (Å²) in [5.41, 5.74) is 1.34. The van der Waals surface area contributed by atoms with Crippen molar-refractivity contribution in [2.45, 2.75) is 60.0 Å². The number of ether oxygens (including phenoxy) is 2. The van der Waals surface area contributed by atoms with Crippen LogP contribution in [0.2, 0.25) is 0 Å². The SMILES string of the molecule is CCCNC(=O)OC[C@]12COC(CCC)C(C(C)=CC1C)[C@H]2C. The van der Waals surface area contributed by atoms with E-state index in [9.17, 15) is 4.79 Å². The van der Waals surface area contributed by atoms with E-state index in [2.05, 4.69) is 39.1 Å². The maximum Gasteiger partial charge on any atom is 0.407 e. The Kier molecular flexibility index (Phi) is 6.12. The van der Waals surface area contributed by atoms with Crippen LogP contribution in [0, 0.1) is 23.2 Å². The molecule has 0 aromatic heterocycles. The van der Waals surface area contributed by atoms with Crippen molar-refractivity contribution in [2.75, 3.05) is 19.8 Å². The molecule has 1 aliphatic carbocycles. The molecule has 2 rings (SSSR count). The zero-order chi connectivity index (χ0) is 17.0. The summed E-state index contributed by atoms with van der Waals surface area (Å²) < 4.78 is 11.8. The topological polar surface area (TPSA) is 47.6 Å². The Morgan fingerprint density at radius 2 is 2.13 bits per heavy atom. The standard InChI is InChI=1S/C19H33NO3/c1-6-8-16-17-13(3)10-14(4)19(11-22-16,15(17)5)12-23-18(21)20-9-7-2/h10,14-17H,6-9,11-12H2,1-5H3,(H,20,21)/t14?,15-,16?,17?,19-/m1/s1. The maximum absolute atomic E-state index is 11.9. The second kappa shape index (κ2) is 7.69. The molecule has 1 fully saturated rings. The highest BCUT2D eigenvalue weighted by Gasteiger charge is 2.53. The molecular formula is C19H33NO3. The molecule has 0 spiro atoms. The molecular weight excluding hydrogens is 290 g/mol. The fourth-order valence-corrected chi connectivity index (χ4v) is 4.41.